The Morgan fingerprint density at radius 1 is 1.00 bits per heavy atom. The lowest BCUT2D eigenvalue weighted by Gasteiger charge is -2.30. The van der Waals surface area contributed by atoms with Gasteiger partial charge in [-0.15, -0.1) is 0 Å². The minimum absolute atomic E-state index is 0.169. The average Bonchev–Trinajstić information content (AvgIpc) is 3.02. The molecule has 0 aliphatic heterocycles. The molecule has 2 amide bonds. The van der Waals surface area contributed by atoms with Gasteiger partial charge in [-0.05, 0) is 98.5 Å². The number of hydrogen-bond acceptors (Lipinski definition) is 8. The summed E-state index contributed by atoms with van der Waals surface area (Å²) >= 11 is 0. The number of nitrogens with zero attached hydrogens (tertiary/aromatic N) is 2. The number of ether oxygens (including phenoxy) is 2. The molecule has 0 bridgehead atoms. The molecule has 6 N–H and O–H groups in total. The molecule has 0 radical (unpaired) electrons. The second kappa shape index (κ2) is 15.8. The van der Waals surface area contributed by atoms with Crippen molar-refractivity contribution in [3.63, 3.8) is 0 Å². The molecular formula is C34H43N5O6. The third kappa shape index (κ3) is 8.90. The van der Waals surface area contributed by atoms with Crippen LogP contribution in [0.2, 0.25) is 0 Å². The van der Waals surface area contributed by atoms with E-state index in [9.17, 15) is 19.5 Å². The lowest BCUT2D eigenvalue weighted by molar-refractivity contribution is -0.134. The average molecular weight is 618 g/mol. The van der Waals surface area contributed by atoms with Gasteiger partial charge >= 0.3 is 5.97 Å². The molecule has 0 aromatic heterocycles. The molecule has 3 aromatic rings. The molecule has 3 atom stereocenters. The normalized spacial score (nSPS) is 13.2. The molecule has 11 nitrogen and oxygen atoms in total. The van der Waals surface area contributed by atoms with Crippen molar-refractivity contribution in [2.45, 2.75) is 51.9 Å². The Morgan fingerprint density at radius 3 is 2.24 bits per heavy atom. The highest BCUT2D eigenvalue weighted by Gasteiger charge is 2.27. The molecule has 0 aliphatic rings. The number of benzene rings is 3. The molecule has 0 fully saturated rings. The number of carboxylic acid groups (broad SMARTS) is 1. The van der Waals surface area contributed by atoms with Gasteiger partial charge in [0.1, 0.15) is 0 Å². The second-order valence-electron chi connectivity index (χ2n) is 11.0. The van der Waals surface area contributed by atoms with Gasteiger partial charge in [-0.1, -0.05) is 18.2 Å². The van der Waals surface area contributed by atoms with Crippen LogP contribution < -0.4 is 26.3 Å². The number of hydrogen-bond donors (Lipinski definition) is 4. The minimum atomic E-state index is -1.02. The Bertz CT molecular complexity index is 1530. The SMILES string of the molecule is CNCC(/N=C/[C@H](C)N(Cc1ccc(OC)c(OC)c1)C(=O)[C@@H](N)Cc1c(C)cc(C(N)=O)cc1C)c1cccc(C(=O)O)c1. The second-order valence-corrected chi connectivity index (χ2v) is 11.0. The number of rotatable bonds is 15. The number of carbonyl (C=O) groups excluding carboxylic acids is 2. The summed E-state index contributed by atoms with van der Waals surface area (Å²) in [5.74, 6) is -0.739. The molecule has 0 spiro atoms. The van der Waals surface area contributed by atoms with E-state index >= 15 is 0 Å². The van der Waals surface area contributed by atoms with E-state index in [0.29, 0.717) is 23.6 Å². The molecule has 45 heavy (non-hydrogen) atoms. The van der Waals surface area contributed by atoms with Crippen molar-refractivity contribution in [3.05, 3.63) is 93.5 Å². The highest BCUT2D eigenvalue weighted by Crippen LogP contribution is 2.29. The summed E-state index contributed by atoms with van der Waals surface area (Å²) in [6.45, 7) is 6.25. The fraction of sp³-hybridized carbons (Fsp3) is 0.353. The van der Waals surface area contributed by atoms with Crippen molar-refractivity contribution in [1.82, 2.24) is 10.2 Å². The lowest BCUT2D eigenvalue weighted by Crippen LogP contribution is -2.49. The maximum absolute atomic E-state index is 14.1. The molecule has 0 aliphatic carbocycles. The van der Waals surface area contributed by atoms with E-state index in [0.717, 1.165) is 27.8 Å². The molecule has 3 aromatic carbocycles. The van der Waals surface area contributed by atoms with Crippen molar-refractivity contribution in [2.24, 2.45) is 16.5 Å². The zero-order chi connectivity index (χ0) is 33.3. The lowest BCUT2D eigenvalue weighted by atomic mass is 9.93. The molecule has 0 saturated carbocycles. The third-order valence-electron chi connectivity index (χ3n) is 7.69. The fourth-order valence-electron chi connectivity index (χ4n) is 5.21. The molecule has 11 heteroatoms. The van der Waals surface area contributed by atoms with Gasteiger partial charge in [0.2, 0.25) is 11.8 Å². The number of aromatic carboxylic acids is 1. The third-order valence-corrected chi connectivity index (χ3v) is 7.69. The number of nitrogens with one attached hydrogen (secondary N) is 1. The molecule has 1 unspecified atom stereocenters. The first-order chi connectivity index (χ1) is 21.4. The van der Waals surface area contributed by atoms with Crippen LogP contribution in [0, 0.1) is 13.8 Å². The van der Waals surface area contributed by atoms with E-state index < -0.39 is 30.0 Å². The highest BCUT2D eigenvalue weighted by molar-refractivity contribution is 5.93. The van der Waals surface area contributed by atoms with E-state index in [2.05, 4.69) is 5.32 Å². The van der Waals surface area contributed by atoms with Gasteiger partial charge in [0, 0.05) is 24.9 Å². The minimum Gasteiger partial charge on any atom is -0.493 e. The van der Waals surface area contributed by atoms with Crippen molar-refractivity contribution in [1.29, 1.82) is 0 Å². The topological polar surface area (TPSA) is 170 Å². The maximum atomic E-state index is 14.1. The quantitative estimate of drug-likeness (QED) is 0.188. The van der Waals surface area contributed by atoms with Crippen LogP contribution in [0.1, 0.15) is 61.5 Å². The summed E-state index contributed by atoms with van der Waals surface area (Å²) in [5, 5.41) is 12.6. The van der Waals surface area contributed by atoms with Gasteiger partial charge in [0.05, 0.1) is 37.9 Å². The van der Waals surface area contributed by atoms with Gasteiger partial charge in [-0.25, -0.2) is 4.79 Å². The Kier molecular flexibility index (Phi) is 12.2. The highest BCUT2D eigenvalue weighted by atomic mass is 16.5. The molecular weight excluding hydrogens is 574 g/mol. The molecule has 0 heterocycles. The van der Waals surface area contributed by atoms with E-state index in [1.54, 1.807) is 62.7 Å². The zero-order valence-electron chi connectivity index (χ0n) is 26.7. The number of carbonyl (C=O) groups is 3. The van der Waals surface area contributed by atoms with Crippen LogP contribution >= 0.6 is 0 Å². The fourth-order valence-corrected chi connectivity index (χ4v) is 5.21. The molecule has 3 rings (SSSR count). The predicted molar refractivity (Wildman–Crippen MR) is 174 cm³/mol. The summed E-state index contributed by atoms with van der Waals surface area (Å²) in [6.07, 6.45) is 1.95. The number of aryl methyl sites for hydroxylation is 2. The van der Waals surface area contributed by atoms with E-state index in [4.69, 9.17) is 25.9 Å². The number of primary amides is 1. The van der Waals surface area contributed by atoms with E-state index in [1.165, 1.54) is 6.07 Å². The molecule has 240 valence electrons. The van der Waals surface area contributed by atoms with Gasteiger partial charge in [0.25, 0.3) is 0 Å². The van der Waals surface area contributed by atoms with Crippen LogP contribution in [0.4, 0.5) is 0 Å². The summed E-state index contributed by atoms with van der Waals surface area (Å²) in [6, 6.07) is 13.7. The first-order valence-electron chi connectivity index (χ1n) is 14.6. The summed E-state index contributed by atoms with van der Waals surface area (Å²) in [4.78, 5) is 43.8. The summed E-state index contributed by atoms with van der Waals surface area (Å²) in [5.41, 5.74) is 16.7. The number of likely N-dealkylation sites (N-methyl/N-ethyl adjacent to an activating group) is 1. The first-order valence-corrected chi connectivity index (χ1v) is 14.6. The Labute approximate surface area is 264 Å². The standard InChI is InChI=1S/C34H43N5O6/c1-20-12-26(32(36)40)13-21(2)27(20)16-28(35)33(41)39(19-23-10-11-30(44-5)31(14-23)45-6)22(3)17-38-29(18-37-4)24-8-7-9-25(15-24)34(42)43/h7-15,17,22,28-29,37H,16,18-19,35H2,1-6H3,(H2,36,40)(H,42,43)/b38-17+/t22-,28-,29?/m0/s1. The van der Waals surface area contributed by atoms with Crippen molar-refractivity contribution < 1.29 is 29.0 Å². The van der Waals surface area contributed by atoms with Crippen LogP contribution in [-0.4, -0.2) is 73.9 Å². The zero-order valence-corrected chi connectivity index (χ0v) is 26.7. The van der Waals surface area contributed by atoms with Crippen LogP contribution in [0.5, 0.6) is 11.5 Å². The van der Waals surface area contributed by atoms with Crippen molar-refractivity contribution >= 4 is 24.0 Å². The van der Waals surface area contributed by atoms with Gasteiger partial charge < -0.3 is 36.3 Å². The summed E-state index contributed by atoms with van der Waals surface area (Å²) in [7, 11) is 4.89. The van der Waals surface area contributed by atoms with Crippen LogP contribution in [0.15, 0.2) is 59.6 Å². The number of nitrogens with two attached hydrogens (primary N) is 2. The first kappa shape index (κ1) is 34.7. The summed E-state index contributed by atoms with van der Waals surface area (Å²) < 4.78 is 10.9. The molecule has 0 saturated heterocycles. The van der Waals surface area contributed by atoms with Gasteiger partial charge in [-0.3, -0.25) is 14.6 Å². The van der Waals surface area contributed by atoms with Crippen molar-refractivity contribution in [3.8, 4) is 11.5 Å². The Morgan fingerprint density at radius 2 is 1.67 bits per heavy atom. The largest absolute Gasteiger partial charge is 0.493 e. The maximum Gasteiger partial charge on any atom is 0.335 e. The van der Waals surface area contributed by atoms with Crippen LogP contribution in [0.25, 0.3) is 0 Å². The van der Waals surface area contributed by atoms with E-state index in [-0.39, 0.29) is 24.4 Å². The van der Waals surface area contributed by atoms with E-state index in [1.807, 2.05) is 39.0 Å². The van der Waals surface area contributed by atoms with Gasteiger partial charge in [-0.2, -0.15) is 0 Å². The number of aliphatic imine (C=N–C) groups is 1. The van der Waals surface area contributed by atoms with Gasteiger partial charge in [0.15, 0.2) is 11.5 Å². The smallest absolute Gasteiger partial charge is 0.335 e. The van der Waals surface area contributed by atoms with Crippen LogP contribution in [0.3, 0.4) is 0 Å². The monoisotopic (exact) mass is 617 g/mol. The Hall–Kier alpha value is -4.74. The van der Waals surface area contributed by atoms with Crippen molar-refractivity contribution in [2.75, 3.05) is 27.8 Å². The predicted octanol–water partition coefficient (Wildman–Crippen LogP) is 3.44. The number of carboxylic acids is 1. The van der Waals surface area contributed by atoms with Crippen LogP contribution in [-0.2, 0) is 17.8 Å². The number of amides is 2. The Balaban J connectivity index is 1.96. The number of methoxy groups -OCH3 is 2.